The molecular formula is C21H19N3O4S. The number of carbonyl (C=O) groups is 2. The van der Waals surface area contributed by atoms with Crippen LogP contribution in [0.15, 0.2) is 71.9 Å². The molecule has 0 radical (unpaired) electrons. The van der Waals surface area contributed by atoms with Gasteiger partial charge >= 0.3 is 0 Å². The van der Waals surface area contributed by atoms with Gasteiger partial charge in [0.05, 0.1) is 16.8 Å². The molecule has 7 nitrogen and oxygen atoms in total. The molecule has 148 valence electrons. The Bertz CT molecular complexity index is 1180. The summed E-state index contributed by atoms with van der Waals surface area (Å²) in [6, 6.07) is 14.2. The second kappa shape index (κ2) is 8.24. The number of hydrogen-bond acceptors (Lipinski definition) is 5. The Morgan fingerprint density at radius 3 is 2.34 bits per heavy atom. The van der Waals surface area contributed by atoms with Crippen molar-refractivity contribution in [3.8, 4) is 0 Å². The third-order valence-electron chi connectivity index (χ3n) is 4.18. The predicted molar refractivity (Wildman–Crippen MR) is 111 cm³/mol. The van der Waals surface area contributed by atoms with Crippen LogP contribution in [0.3, 0.4) is 0 Å². The van der Waals surface area contributed by atoms with Crippen molar-refractivity contribution < 1.29 is 18.0 Å². The minimum Gasteiger partial charge on any atom is -0.322 e. The van der Waals surface area contributed by atoms with Crippen LogP contribution in [-0.4, -0.2) is 31.5 Å². The van der Waals surface area contributed by atoms with Crippen molar-refractivity contribution in [3.05, 3.63) is 83.7 Å². The molecule has 2 aromatic carbocycles. The maximum absolute atomic E-state index is 12.6. The molecule has 1 aromatic heterocycles. The number of carbonyl (C=O) groups excluding carboxylic acids is 2. The van der Waals surface area contributed by atoms with E-state index in [-0.39, 0.29) is 16.4 Å². The standard InChI is InChI=1S/C21H19N3O4S/c1-14-8-9-16(12-19(14)21(26)24-17-6-4-10-22-13-17)23-20(25)15-5-3-7-18(11-15)29(2,27)28/h3-13H,1-2H3,(H,23,25)(H,24,26). The highest BCUT2D eigenvalue weighted by Gasteiger charge is 2.14. The summed E-state index contributed by atoms with van der Waals surface area (Å²) in [7, 11) is -3.42. The van der Waals surface area contributed by atoms with Gasteiger partial charge in [-0.25, -0.2) is 8.42 Å². The first-order valence-electron chi connectivity index (χ1n) is 8.67. The number of pyridine rings is 1. The molecular weight excluding hydrogens is 390 g/mol. The van der Waals surface area contributed by atoms with Crippen LogP contribution in [0.2, 0.25) is 0 Å². The van der Waals surface area contributed by atoms with Gasteiger partial charge in [0.25, 0.3) is 11.8 Å². The highest BCUT2D eigenvalue weighted by atomic mass is 32.2. The minimum absolute atomic E-state index is 0.0607. The van der Waals surface area contributed by atoms with Crippen LogP contribution in [0.4, 0.5) is 11.4 Å². The molecule has 0 aliphatic heterocycles. The molecule has 8 heteroatoms. The van der Waals surface area contributed by atoms with Gasteiger partial charge in [-0.15, -0.1) is 0 Å². The fourth-order valence-electron chi connectivity index (χ4n) is 2.65. The third-order valence-corrected chi connectivity index (χ3v) is 5.29. The first kappa shape index (κ1) is 20.2. The number of rotatable bonds is 5. The van der Waals surface area contributed by atoms with E-state index in [2.05, 4.69) is 15.6 Å². The number of sulfone groups is 1. The molecule has 0 atom stereocenters. The van der Waals surface area contributed by atoms with Crippen LogP contribution in [0.25, 0.3) is 0 Å². The lowest BCUT2D eigenvalue weighted by atomic mass is 10.1. The van der Waals surface area contributed by atoms with Crippen molar-refractivity contribution in [2.45, 2.75) is 11.8 Å². The molecule has 0 aliphatic carbocycles. The van der Waals surface area contributed by atoms with Gasteiger partial charge in [0.2, 0.25) is 0 Å². The van der Waals surface area contributed by atoms with Crippen molar-refractivity contribution >= 4 is 33.0 Å². The van der Waals surface area contributed by atoms with Crippen LogP contribution in [0, 0.1) is 6.92 Å². The molecule has 2 N–H and O–H groups in total. The Labute approximate surface area is 168 Å². The van der Waals surface area contributed by atoms with Crippen LogP contribution in [0.5, 0.6) is 0 Å². The summed E-state index contributed by atoms with van der Waals surface area (Å²) in [5.41, 5.74) is 2.32. The van der Waals surface area contributed by atoms with Crippen LogP contribution in [0.1, 0.15) is 26.3 Å². The van der Waals surface area contributed by atoms with Gasteiger partial charge in [-0.3, -0.25) is 14.6 Å². The minimum atomic E-state index is -3.42. The number of nitrogens with zero attached hydrogens (tertiary/aromatic N) is 1. The van der Waals surface area contributed by atoms with E-state index in [9.17, 15) is 18.0 Å². The van der Waals surface area contributed by atoms with Gasteiger partial charge in [0.15, 0.2) is 9.84 Å². The van der Waals surface area contributed by atoms with Gasteiger partial charge in [0, 0.05) is 29.3 Å². The number of aromatic nitrogens is 1. The molecule has 1 heterocycles. The molecule has 0 fully saturated rings. The first-order valence-corrected chi connectivity index (χ1v) is 10.6. The third kappa shape index (κ3) is 5.05. The van der Waals surface area contributed by atoms with Crippen molar-refractivity contribution in [2.24, 2.45) is 0 Å². The molecule has 0 aliphatic rings. The van der Waals surface area contributed by atoms with Crippen molar-refractivity contribution in [2.75, 3.05) is 16.9 Å². The molecule has 0 unspecified atom stereocenters. The van der Waals surface area contributed by atoms with Gasteiger partial charge in [-0.2, -0.15) is 0 Å². The van der Waals surface area contributed by atoms with Crippen molar-refractivity contribution in [1.29, 1.82) is 0 Å². The second-order valence-corrected chi connectivity index (χ2v) is 8.50. The summed E-state index contributed by atoms with van der Waals surface area (Å²) in [5.74, 6) is -0.802. The molecule has 0 saturated carbocycles. The van der Waals surface area contributed by atoms with Crippen LogP contribution in [-0.2, 0) is 9.84 Å². The number of aryl methyl sites for hydroxylation is 1. The molecule has 0 saturated heterocycles. The Balaban J connectivity index is 1.81. The normalized spacial score (nSPS) is 11.0. The monoisotopic (exact) mass is 409 g/mol. The maximum atomic E-state index is 12.6. The Kier molecular flexibility index (Phi) is 5.74. The second-order valence-electron chi connectivity index (χ2n) is 6.48. The van der Waals surface area contributed by atoms with E-state index in [1.54, 1.807) is 43.5 Å². The number of hydrogen-bond donors (Lipinski definition) is 2. The van der Waals surface area contributed by atoms with Gasteiger partial charge in [0.1, 0.15) is 0 Å². The highest BCUT2D eigenvalue weighted by molar-refractivity contribution is 7.90. The zero-order valence-corrected chi connectivity index (χ0v) is 16.7. The summed E-state index contributed by atoms with van der Waals surface area (Å²) in [6.45, 7) is 1.79. The molecule has 0 bridgehead atoms. The highest BCUT2D eigenvalue weighted by Crippen LogP contribution is 2.19. The number of nitrogens with one attached hydrogen (secondary N) is 2. The van der Waals surface area contributed by atoms with E-state index in [1.165, 1.54) is 30.5 Å². The smallest absolute Gasteiger partial charge is 0.256 e. The number of benzene rings is 2. The average molecular weight is 409 g/mol. The molecule has 29 heavy (non-hydrogen) atoms. The average Bonchev–Trinajstić information content (AvgIpc) is 2.69. The summed E-state index contributed by atoms with van der Waals surface area (Å²) >= 11 is 0. The SMILES string of the molecule is Cc1ccc(NC(=O)c2cccc(S(C)(=O)=O)c2)cc1C(=O)Nc1cccnc1. The molecule has 0 spiro atoms. The predicted octanol–water partition coefficient (Wildman–Crippen LogP) is 3.30. The van der Waals surface area contributed by atoms with E-state index in [1.807, 2.05) is 0 Å². The summed E-state index contributed by atoms with van der Waals surface area (Å²) < 4.78 is 23.4. The maximum Gasteiger partial charge on any atom is 0.256 e. The van der Waals surface area contributed by atoms with E-state index < -0.39 is 15.7 Å². The number of anilines is 2. The van der Waals surface area contributed by atoms with Gasteiger partial charge in [-0.1, -0.05) is 12.1 Å². The van der Waals surface area contributed by atoms with Gasteiger partial charge in [-0.05, 0) is 55.0 Å². The lowest BCUT2D eigenvalue weighted by molar-refractivity contribution is 0.101. The zero-order chi connectivity index (χ0) is 21.0. The topological polar surface area (TPSA) is 105 Å². The Morgan fingerprint density at radius 2 is 1.66 bits per heavy atom. The fraction of sp³-hybridized carbons (Fsp3) is 0.0952. The number of amides is 2. The Hall–Kier alpha value is -3.52. The lowest BCUT2D eigenvalue weighted by Gasteiger charge is -2.11. The molecule has 3 rings (SSSR count). The van der Waals surface area contributed by atoms with E-state index in [4.69, 9.17) is 0 Å². The van der Waals surface area contributed by atoms with Crippen molar-refractivity contribution in [3.63, 3.8) is 0 Å². The largest absolute Gasteiger partial charge is 0.322 e. The van der Waals surface area contributed by atoms with Crippen LogP contribution < -0.4 is 10.6 Å². The first-order chi connectivity index (χ1) is 13.7. The van der Waals surface area contributed by atoms with Crippen LogP contribution >= 0.6 is 0 Å². The lowest BCUT2D eigenvalue weighted by Crippen LogP contribution is -2.16. The van der Waals surface area contributed by atoms with E-state index >= 15 is 0 Å². The van der Waals surface area contributed by atoms with E-state index in [0.717, 1.165) is 11.8 Å². The fourth-order valence-corrected chi connectivity index (χ4v) is 3.32. The quantitative estimate of drug-likeness (QED) is 0.673. The Morgan fingerprint density at radius 1 is 0.897 bits per heavy atom. The summed E-state index contributed by atoms with van der Waals surface area (Å²) in [6.07, 6.45) is 4.22. The summed E-state index contributed by atoms with van der Waals surface area (Å²) in [4.78, 5) is 29.1. The summed E-state index contributed by atoms with van der Waals surface area (Å²) in [5, 5.41) is 5.45. The molecule has 2 amide bonds. The van der Waals surface area contributed by atoms with Gasteiger partial charge < -0.3 is 10.6 Å². The van der Waals surface area contributed by atoms with E-state index in [0.29, 0.717) is 16.9 Å². The zero-order valence-electron chi connectivity index (χ0n) is 15.8. The molecule has 3 aromatic rings. The van der Waals surface area contributed by atoms with Crippen molar-refractivity contribution in [1.82, 2.24) is 4.98 Å².